The van der Waals surface area contributed by atoms with Crippen LogP contribution in [0.15, 0.2) is 0 Å². The number of hydrogen-bond acceptors (Lipinski definition) is 19. The molecule has 0 aliphatic heterocycles. The van der Waals surface area contributed by atoms with Crippen molar-refractivity contribution in [3.05, 3.63) is 0 Å². The van der Waals surface area contributed by atoms with Gasteiger partial charge in [0.15, 0.2) is 6.79 Å². The summed E-state index contributed by atoms with van der Waals surface area (Å²) in [6.45, 7) is 22.2. The third-order valence-electron chi connectivity index (χ3n) is 4.20. The summed E-state index contributed by atoms with van der Waals surface area (Å²) < 4.78 is 81.7. The summed E-state index contributed by atoms with van der Waals surface area (Å²) in [4.78, 5) is 60.6. The second-order valence-electron chi connectivity index (χ2n) is 8.63. The number of methoxy groups -OCH3 is 1. The summed E-state index contributed by atoms with van der Waals surface area (Å²) in [6.07, 6.45) is 1.44. The van der Waals surface area contributed by atoms with Crippen LogP contribution in [-0.4, -0.2) is 118 Å². The van der Waals surface area contributed by atoms with E-state index in [1.165, 1.54) is 27.7 Å². The van der Waals surface area contributed by atoms with Crippen molar-refractivity contribution in [3.8, 4) is 0 Å². The van der Waals surface area contributed by atoms with Crippen LogP contribution in [-0.2, 0) is 90.5 Å². The molecule has 0 N–H and O–H groups in total. The number of carbonyl (C=O) groups is 6. The first kappa shape index (κ1) is 64.7. The largest absolute Gasteiger partial charge is 0.466 e. The minimum atomic E-state index is -3.49. The van der Waals surface area contributed by atoms with Gasteiger partial charge in [0.1, 0.15) is 5.78 Å². The standard InChI is InChI=1S/C6H10O4.C5H10O5S.C5H10O3.C5H10O2.C4H10O3S.C4H8O.C3H8O/c1-3-6(8)10-4-9-5(2)7;1-3-11(7,8)10-4-9-5(2)6;1-3-7-4-8-5(2)6;1-3-5(6)7-4-2;1-3-7-8(5,6)4-2;1-3-4(2)5;1-3-4-2/h3-4H2,1-2H3;3-4H2,1-2H3;3-4H2,1-2H3;3-4H2,1-2H3;3-4H2,1-2H3;3H2,1-2H3;3H2,1-2H3. The second-order valence-corrected chi connectivity index (χ2v) is 12.5. The zero-order valence-electron chi connectivity index (χ0n) is 34.1. The molecule has 0 aromatic carbocycles. The maximum Gasteiger partial charge on any atom is 0.308 e. The average Bonchev–Trinajstić information content (AvgIpc) is 3.09. The van der Waals surface area contributed by atoms with Crippen LogP contribution in [0.25, 0.3) is 0 Å². The molecule has 21 heteroatoms. The number of hydrogen-bond donors (Lipinski definition) is 0. The van der Waals surface area contributed by atoms with Crippen LogP contribution in [0.4, 0.5) is 0 Å². The Labute approximate surface area is 317 Å². The molecule has 0 bridgehead atoms. The van der Waals surface area contributed by atoms with Crippen LogP contribution in [0.1, 0.15) is 109 Å². The Morgan fingerprint density at radius 3 is 1.04 bits per heavy atom. The van der Waals surface area contributed by atoms with E-state index in [-0.39, 0.29) is 55.4 Å². The number of rotatable bonds is 17. The fraction of sp³-hybridized carbons (Fsp3) is 0.812. The summed E-state index contributed by atoms with van der Waals surface area (Å²) in [6, 6.07) is 0. The fourth-order valence-electron chi connectivity index (χ4n) is 1.28. The third-order valence-corrected chi connectivity index (χ3v) is 6.66. The van der Waals surface area contributed by atoms with Crippen molar-refractivity contribution in [2.75, 3.05) is 65.4 Å². The predicted octanol–water partition coefficient (Wildman–Crippen LogP) is 3.85. The van der Waals surface area contributed by atoms with Crippen molar-refractivity contribution < 1.29 is 87.1 Å². The Hall–Kier alpha value is -3.24. The first-order valence-electron chi connectivity index (χ1n) is 16.5. The molecule has 0 aromatic rings. The van der Waals surface area contributed by atoms with Gasteiger partial charge in [-0.05, 0) is 48.5 Å². The minimum Gasteiger partial charge on any atom is -0.466 e. The number of esters is 5. The van der Waals surface area contributed by atoms with Crippen molar-refractivity contribution in [2.24, 2.45) is 0 Å². The maximum absolute atomic E-state index is 10.6. The molecule has 0 rings (SSSR count). The highest BCUT2D eigenvalue weighted by Crippen LogP contribution is 1.92. The number of Topliss-reactive ketones (excluding diaryl/α,β-unsaturated/α-hetero) is 1. The van der Waals surface area contributed by atoms with Crippen molar-refractivity contribution in [1.82, 2.24) is 0 Å². The van der Waals surface area contributed by atoms with E-state index in [1.54, 1.807) is 48.7 Å². The molecule has 0 aromatic heterocycles. The second kappa shape index (κ2) is 48.8. The lowest BCUT2D eigenvalue weighted by Gasteiger charge is -2.01. The smallest absolute Gasteiger partial charge is 0.308 e. The van der Waals surface area contributed by atoms with Crippen LogP contribution >= 0.6 is 0 Å². The van der Waals surface area contributed by atoms with Crippen LogP contribution < -0.4 is 0 Å². The zero-order valence-corrected chi connectivity index (χ0v) is 35.7. The lowest BCUT2D eigenvalue weighted by molar-refractivity contribution is -0.165. The van der Waals surface area contributed by atoms with Gasteiger partial charge in [0, 0.05) is 60.4 Å². The molecule has 0 radical (unpaired) electrons. The Balaban J connectivity index is -0.0000000951. The van der Waals surface area contributed by atoms with Gasteiger partial charge in [-0.3, -0.25) is 28.2 Å². The number of ketones is 1. The molecule has 0 aliphatic carbocycles. The zero-order chi connectivity index (χ0) is 43.3. The normalized spacial score (nSPS) is 9.40. The number of ether oxygens (including phenoxy) is 7. The Kier molecular flexibility index (Phi) is 59.5. The maximum atomic E-state index is 10.6. The highest BCUT2D eigenvalue weighted by atomic mass is 32.2. The van der Waals surface area contributed by atoms with E-state index < -0.39 is 39.0 Å². The molecular weight excluding hydrogens is 752 g/mol. The summed E-state index contributed by atoms with van der Waals surface area (Å²) in [7, 11) is -4.98. The van der Waals surface area contributed by atoms with Crippen LogP contribution in [0, 0.1) is 0 Å². The van der Waals surface area contributed by atoms with E-state index in [1.807, 2.05) is 20.8 Å². The first-order chi connectivity index (χ1) is 24.5. The van der Waals surface area contributed by atoms with Crippen LogP contribution in [0.5, 0.6) is 0 Å². The van der Waals surface area contributed by atoms with Gasteiger partial charge >= 0.3 is 29.8 Å². The summed E-state index contributed by atoms with van der Waals surface area (Å²) in [5.74, 6) is -1.65. The van der Waals surface area contributed by atoms with Crippen molar-refractivity contribution in [1.29, 1.82) is 0 Å². The van der Waals surface area contributed by atoms with Crippen molar-refractivity contribution in [2.45, 2.75) is 109 Å². The van der Waals surface area contributed by atoms with E-state index in [9.17, 15) is 45.6 Å². The Bertz CT molecular complexity index is 1100. The third kappa shape index (κ3) is 88.2. The Morgan fingerprint density at radius 2 is 0.792 bits per heavy atom. The average molecular weight is 819 g/mol. The van der Waals surface area contributed by atoms with Gasteiger partial charge < -0.3 is 38.0 Å². The molecule has 0 fully saturated rings. The monoisotopic (exact) mass is 818 g/mol. The molecule has 0 atom stereocenters. The van der Waals surface area contributed by atoms with Gasteiger partial charge in [-0.25, -0.2) is 4.18 Å². The van der Waals surface area contributed by atoms with Gasteiger partial charge in [0.25, 0.3) is 20.2 Å². The number of carbonyl (C=O) groups excluding carboxylic acids is 6. The van der Waals surface area contributed by atoms with Gasteiger partial charge in [-0.2, -0.15) is 16.8 Å². The summed E-state index contributed by atoms with van der Waals surface area (Å²) in [5.41, 5.74) is 0. The molecule has 0 unspecified atom stereocenters. The molecule has 0 saturated carbocycles. The van der Waals surface area contributed by atoms with Crippen molar-refractivity contribution in [3.63, 3.8) is 0 Å². The molecular formula is C32H66O19S2. The molecule has 0 heterocycles. The van der Waals surface area contributed by atoms with Gasteiger partial charge in [-0.1, -0.05) is 20.8 Å². The molecule has 0 aliphatic rings. The minimum absolute atomic E-state index is 0.0564. The van der Waals surface area contributed by atoms with E-state index >= 15 is 0 Å². The molecule has 53 heavy (non-hydrogen) atoms. The van der Waals surface area contributed by atoms with E-state index in [0.717, 1.165) is 6.61 Å². The first-order valence-corrected chi connectivity index (χ1v) is 19.7. The molecule has 320 valence electrons. The van der Waals surface area contributed by atoms with Crippen molar-refractivity contribution >= 4 is 55.9 Å². The van der Waals surface area contributed by atoms with Gasteiger partial charge in [0.05, 0.1) is 24.7 Å². The fourth-order valence-corrected chi connectivity index (χ4v) is 2.17. The molecule has 0 amide bonds. The lowest BCUT2D eigenvalue weighted by Crippen LogP contribution is -2.12. The molecule has 0 spiro atoms. The SMILES string of the molecule is CCC(=O)OCOC(C)=O.CCC(C)=O.CCOC.CCOC(=O)CC.CCOCOC(C)=O.CCOS(=O)(=O)CC.CCS(=O)(=O)OCOC(C)=O. The quantitative estimate of drug-likeness (QED) is 0.0664. The van der Waals surface area contributed by atoms with Gasteiger partial charge in [0.2, 0.25) is 13.6 Å². The summed E-state index contributed by atoms with van der Waals surface area (Å²) in [5, 5.41) is 0. The van der Waals surface area contributed by atoms with Crippen LogP contribution in [0.2, 0.25) is 0 Å². The highest BCUT2D eigenvalue weighted by molar-refractivity contribution is 7.86. The lowest BCUT2D eigenvalue weighted by atomic mass is 10.4. The van der Waals surface area contributed by atoms with E-state index in [2.05, 4.69) is 36.8 Å². The highest BCUT2D eigenvalue weighted by Gasteiger charge is 2.07. The Morgan fingerprint density at radius 1 is 0.434 bits per heavy atom. The van der Waals surface area contributed by atoms with E-state index in [0.29, 0.717) is 32.5 Å². The van der Waals surface area contributed by atoms with Crippen LogP contribution in [0.3, 0.4) is 0 Å². The topological polar surface area (TPSA) is 254 Å². The predicted molar refractivity (Wildman–Crippen MR) is 195 cm³/mol. The molecule has 0 saturated heterocycles. The summed E-state index contributed by atoms with van der Waals surface area (Å²) >= 11 is 0. The van der Waals surface area contributed by atoms with E-state index in [4.69, 9.17) is 4.74 Å². The molecule has 19 nitrogen and oxygen atoms in total. The van der Waals surface area contributed by atoms with Gasteiger partial charge in [-0.15, -0.1) is 0 Å².